The molecule has 0 aliphatic carbocycles. The highest BCUT2D eigenvalue weighted by Gasteiger charge is 2.36. The van der Waals surface area contributed by atoms with Gasteiger partial charge in [-0.05, 0) is 25.1 Å². The number of fused-ring (bicyclic) bond motifs is 2. The summed E-state index contributed by atoms with van der Waals surface area (Å²) < 4.78 is 12.4. The van der Waals surface area contributed by atoms with Crippen LogP contribution in [0.15, 0.2) is 52.4 Å². The number of benzene rings is 1. The van der Waals surface area contributed by atoms with Crippen molar-refractivity contribution in [1.82, 2.24) is 4.98 Å². The summed E-state index contributed by atoms with van der Waals surface area (Å²) in [6, 6.07) is 11.2. The number of aromatic nitrogens is 1. The summed E-state index contributed by atoms with van der Waals surface area (Å²) in [6.45, 7) is 2.55. The van der Waals surface area contributed by atoms with Crippen LogP contribution in [0.5, 0.6) is 0 Å². The van der Waals surface area contributed by atoms with E-state index in [0.29, 0.717) is 6.54 Å². The minimum absolute atomic E-state index is 0. The Balaban J connectivity index is 0.00000192. The van der Waals surface area contributed by atoms with Gasteiger partial charge in [0.15, 0.2) is 5.69 Å². The third-order valence-corrected chi connectivity index (χ3v) is 5.71. The highest BCUT2D eigenvalue weighted by atomic mass is 35.5. The Kier molecular flexibility index (Phi) is 5.23. The molecule has 0 fully saturated rings. The predicted octanol–water partition coefficient (Wildman–Crippen LogP) is -1.62. The molecule has 1 aliphatic heterocycles. The zero-order valence-corrected chi connectivity index (χ0v) is 14.9. The molecule has 0 radical (unpaired) electrons. The fraction of sp³-hybridized carbons (Fsp3) is 0.312. The lowest BCUT2D eigenvalue weighted by atomic mass is 10.2. The number of pyridine rings is 1. The Bertz CT molecular complexity index is 684. The summed E-state index contributed by atoms with van der Waals surface area (Å²) >= 11 is 0. The lowest BCUT2D eigenvalue weighted by Gasteiger charge is -2.40. The summed E-state index contributed by atoms with van der Waals surface area (Å²) in [7, 11) is 2.09. The Labute approximate surface area is 145 Å². The van der Waals surface area contributed by atoms with Crippen LogP contribution >= 0.6 is 0 Å². The molecule has 2 aromatic rings. The van der Waals surface area contributed by atoms with Crippen molar-refractivity contribution in [2.45, 2.75) is 22.8 Å². The molecule has 124 valence electrons. The average Bonchev–Trinajstić information content (AvgIpc) is 2.50. The van der Waals surface area contributed by atoms with Gasteiger partial charge in [-0.1, -0.05) is 12.1 Å². The average molecular weight is 354 g/mol. The van der Waals surface area contributed by atoms with Gasteiger partial charge in [-0.15, -0.1) is 0 Å². The van der Waals surface area contributed by atoms with Crippen molar-refractivity contribution < 1.29 is 26.2 Å². The van der Waals surface area contributed by atoms with Crippen LogP contribution in [0, 0.1) is 5.21 Å². The monoisotopic (exact) mass is 353 g/mol. The molecule has 7 heteroatoms. The highest BCUT2D eigenvalue weighted by molar-refractivity contribution is 7.85. The molecule has 0 bridgehead atoms. The largest absolute Gasteiger partial charge is 1.00 e. The molecule has 1 aromatic heterocycles. The number of quaternary nitrogens is 2. The van der Waals surface area contributed by atoms with Gasteiger partial charge >= 0.3 is 0 Å². The Morgan fingerprint density at radius 1 is 1.22 bits per heavy atom. The Hall–Kier alpha value is -1.31. The second kappa shape index (κ2) is 6.67. The molecule has 5 nitrogen and oxygen atoms in total. The van der Waals surface area contributed by atoms with Crippen molar-refractivity contribution in [1.29, 1.82) is 0 Å². The first kappa shape index (κ1) is 18.0. The van der Waals surface area contributed by atoms with Crippen LogP contribution in [0.4, 0.5) is 11.5 Å². The molecular formula is C16H20ClN3O2S. The summed E-state index contributed by atoms with van der Waals surface area (Å²) in [5.74, 6) is 0.764. The van der Waals surface area contributed by atoms with Crippen molar-refractivity contribution in [2.75, 3.05) is 20.6 Å². The van der Waals surface area contributed by atoms with Crippen molar-refractivity contribution in [3.63, 3.8) is 0 Å². The standard InChI is InChI=1S/C16H19N3O2S.ClH/c1-12(19(2,3)20)11-18-13-7-4-5-8-14(13)22(21)15-9-6-10-17-16(15)18;/h4-10,12H,11H2,1-3H3;1H. The summed E-state index contributed by atoms with van der Waals surface area (Å²) in [5.41, 5.74) is 0.951. The van der Waals surface area contributed by atoms with E-state index in [4.69, 9.17) is 0 Å². The maximum absolute atomic E-state index is 12.7. The fourth-order valence-corrected chi connectivity index (χ4v) is 4.00. The molecule has 1 N–H and O–H groups in total. The van der Waals surface area contributed by atoms with E-state index >= 15 is 0 Å². The van der Waals surface area contributed by atoms with E-state index in [-0.39, 0.29) is 23.1 Å². The van der Waals surface area contributed by atoms with Gasteiger partial charge in [-0.25, -0.2) is 14.1 Å². The van der Waals surface area contributed by atoms with Crippen LogP contribution in [0.2, 0.25) is 0 Å². The maximum atomic E-state index is 12.7. The molecule has 0 amide bonds. The van der Waals surface area contributed by atoms with Crippen molar-refractivity contribution in [3.8, 4) is 0 Å². The topological polar surface area (TPSA) is 57.5 Å². The summed E-state index contributed by atoms with van der Waals surface area (Å²) in [5, 5.41) is 12.2. The van der Waals surface area contributed by atoms with Crippen LogP contribution < -0.4 is 17.3 Å². The SMILES string of the molecule is CC(C[NH+]1c2ccccc2S(=O)c2cccnc21)[N+](C)(C)[O-].[Cl-]. The van der Waals surface area contributed by atoms with Gasteiger partial charge in [0.2, 0.25) is 5.82 Å². The number of rotatable bonds is 3. The van der Waals surface area contributed by atoms with Gasteiger partial charge in [0, 0.05) is 12.3 Å². The number of halogens is 1. The van der Waals surface area contributed by atoms with Crippen LogP contribution in [0.1, 0.15) is 6.92 Å². The maximum Gasteiger partial charge on any atom is 0.248 e. The van der Waals surface area contributed by atoms with Gasteiger partial charge in [-0.2, -0.15) is 0 Å². The van der Waals surface area contributed by atoms with E-state index < -0.39 is 10.8 Å². The van der Waals surface area contributed by atoms with E-state index in [1.165, 1.54) is 0 Å². The van der Waals surface area contributed by atoms with Crippen molar-refractivity contribution in [2.24, 2.45) is 0 Å². The smallest absolute Gasteiger partial charge is 0.248 e. The highest BCUT2D eigenvalue weighted by Crippen LogP contribution is 2.30. The van der Waals surface area contributed by atoms with E-state index in [1.807, 2.05) is 37.3 Å². The summed E-state index contributed by atoms with van der Waals surface area (Å²) in [6.07, 6.45) is 1.71. The predicted molar refractivity (Wildman–Crippen MR) is 85.4 cm³/mol. The minimum Gasteiger partial charge on any atom is -1.00 e. The first-order valence-electron chi connectivity index (χ1n) is 7.26. The molecule has 0 spiro atoms. The number of hydroxylamine groups is 3. The van der Waals surface area contributed by atoms with Gasteiger partial charge in [0.05, 0.1) is 24.9 Å². The number of para-hydroxylation sites is 1. The number of hydrogen-bond acceptors (Lipinski definition) is 3. The molecule has 0 saturated heterocycles. The zero-order valence-electron chi connectivity index (χ0n) is 13.3. The molecule has 0 saturated carbocycles. The number of likely N-dealkylation sites (N-methyl/N-ethyl adjacent to an activating group) is 1. The Morgan fingerprint density at radius 3 is 2.57 bits per heavy atom. The minimum atomic E-state index is -1.21. The second-order valence-corrected chi connectivity index (χ2v) is 7.50. The fourth-order valence-electron chi connectivity index (χ4n) is 2.61. The van der Waals surface area contributed by atoms with Gasteiger partial charge in [0.25, 0.3) is 0 Å². The normalized spacial score (nSPS) is 20.9. The lowest BCUT2D eigenvalue weighted by molar-refractivity contribution is -0.897. The lowest BCUT2D eigenvalue weighted by Crippen LogP contribution is -3.05. The van der Waals surface area contributed by atoms with E-state index in [9.17, 15) is 9.42 Å². The molecule has 1 aromatic carbocycles. The van der Waals surface area contributed by atoms with Crippen molar-refractivity contribution >= 4 is 22.3 Å². The van der Waals surface area contributed by atoms with Crippen LogP contribution in [-0.2, 0) is 10.8 Å². The number of nitrogens with zero attached hydrogens (tertiary/aromatic N) is 2. The first-order chi connectivity index (χ1) is 10.4. The molecule has 2 heterocycles. The van der Waals surface area contributed by atoms with E-state index in [1.54, 1.807) is 26.4 Å². The van der Waals surface area contributed by atoms with Gasteiger partial charge in [-0.3, -0.25) is 0 Å². The van der Waals surface area contributed by atoms with E-state index in [0.717, 1.165) is 26.2 Å². The molecule has 3 unspecified atom stereocenters. The summed E-state index contributed by atoms with van der Waals surface area (Å²) in [4.78, 5) is 7.00. The number of hydrogen-bond donors (Lipinski definition) is 1. The third kappa shape index (κ3) is 3.32. The molecular weight excluding hydrogens is 334 g/mol. The zero-order chi connectivity index (χ0) is 15.9. The van der Waals surface area contributed by atoms with Crippen LogP contribution in [0.25, 0.3) is 0 Å². The second-order valence-electron chi connectivity index (χ2n) is 6.08. The first-order valence-corrected chi connectivity index (χ1v) is 8.41. The van der Waals surface area contributed by atoms with E-state index in [2.05, 4.69) is 4.98 Å². The molecule has 1 aliphatic rings. The van der Waals surface area contributed by atoms with Gasteiger partial charge < -0.3 is 22.3 Å². The number of nitrogens with one attached hydrogen (secondary N) is 1. The molecule has 23 heavy (non-hydrogen) atoms. The molecule has 3 rings (SSSR count). The van der Waals surface area contributed by atoms with Crippen molar-refractivity contribution in [3.05, 3.63) is 47.8 Å². The Morgan fingerprint density at radius 2 is 1.87 bits per heavy atom. The quantitative estimate of drug-likeness (QED) is 0.533. The van der Waals surface area contributed by atoms with Gasteiger partial charge in [0.1, 0.15) is 22.4 Å². The van der Waals surface area contributed by atoms with Crippen LogP contribution in [-0.4, -0.2) is 40.5 Å². The van der Waals surface area contributed by atoms with Crippen LogP contribution in [0.3, 0.4) is 0 Å². The third-order valence-electron chi connectivity index (χ3n) is 4.23. The molecule has 3 atom stereocenters.